The molecule has 24 heavy (non-hydrogen) atoms. The molecule has 5 heteroatoms. The Morgan fingerprint density at radius 3 is 2.75 bits per heavy atom. The molecule has 0 spiro atoms. The van der Waals surface area contributed by atoms with Gasteiger partial charge in [0.25, 0.3) is 0 Å². The van der Waals surface area contributed by atoms with E-state index in [1.54, 1.807) is 18.2 Å². The maximum absolute atomic E-state index is 11.1. The topological polar surface area (TPSA) is 71.5 Å². The molecule has 0 fully saturated rings. The smallest absolute Gasteiger partial charge is 0.335 e. The number of carboxylic acid groups (broad SMARTS) is 1. The van der Waals surface area contributed by atoms with Crippen molar-refractivity contribution in [2.75, 3.05) is 11.9 Å². The molecular weight excluding hydrogens is 304 g/mol. The molecule has 0 bridgehead atoms. The highest BCUT2D eigenvalue weighted by Gasteiger charge is 2.10. The predicted molar refractivity (Wildman–Crippen MR) is 94.3 cm³/mol. The number of pyridine rings is 1. The lowest BCUT2D eigenvalue weighted by Gasteiger charge is -2.13. The highest BCUT2D eigenvalue weighted by Crippen LogP contribution is 2.32. The fourth-order valence-electron chi connectivity index (χ4n) is 2.61. The predicted octanol–water partition coefficient (Wildman–Crippen LogP) is 4.38. The first-order chi connectivity index (χ1) is 11.6. The first kappa shape index (κ1) is 15.8. The normalized spacial score (nSPS) is 10.6. The van der Waals surface area contributed by atoms with E-state index in [1.165, 1.54) is 0 Å². The Labute approximate surface area is 139 Å². The van der Waals surface area contributed by atoms with E-state index in [0.29, 0.717) is 12.3 Å². The highest BCUT2D eigenvalue weighted by atomic mass is 16.5. The lowest BCUT2D eigenvalue weighted by molar-refractivity contribution is 0.0697. The zero-order valence-electron chi connectivity index (χ0n) is 13.5. The van der Waals surface area contributed by atoms with Gasteiger partial charge in [-0.05, 0) is 44.2 Å². The molecule has 3 aromatic rings. The molecule has 0 aliphatic rings. The van der Waals surface area contributed by atoms with E-state index < -0.39 is 5.97 Å². The molecule has 2 N–H and O–H groups in total. The second-order valence-electron chi connectivity index (χ2n) is 5.41. The van der Waals surface area contributed by atoms with Crippen molar-refractivity contribution in [3.63, 3.8) is 0 Å². The average molecular weight is 322 g/mol. The van der Waals surface area contributed by atoms with Crippen LogP contribution < -0.4 is 10.1 Å². The van der Waals surface area contributed by atoms with Crippen molar-refractivity contribution in [1.82, 2.24) is 4.98 Å². The van der Waals surface area contributed by atoms with E-state index in [0.717, 1.165) is 28.0 Å². The van der Waals surface area contributed by atoms with E-state index in [4.69, 9.17) is 9.84 Å². The van der Waals surface area contributed by atoms with Crippen LogP contribution in [0.3, 0.4) is 0 Å². The molecule has 0 amide bonds. The van der Waals surface area contributed by atoms with Gasteiger partial charge in [0.2, 0.25) is 0 Å². The van der Waals surface area contributed by atoms with Crippen LogP contribution in [0, 0.1) is 6.92 Å². The van der Waals surface area contributed by atoms with E-state index in [-0.39, 0.29) is 5.56 Å². The second kappa shape index (κ2) is 6.58. The number of rotatable bonds is 5. The van der Waals surface area contributed by atoms with E-state index in [2.05, 4.69) is 10.3 Å². The molecule has 5 nitrogen and oxygen atoms in total. The number of fused-ring (bicyclic) bond motifs is 1. The Balaban J connectivity index is 2.08. The molecule has 0 saturated carbocycles. The largest absolute Gasteiger partial charge is 0.492 e. The number of aromatic nitrogens is 1. The molecular formula is C19H18N2O3. The third-order valence-corrected chi connectivity index (χ3v) is 3.62. The summed E-state index contributed by atoms with van der Waals surface area (Å²) in [6.45, 7) is 4.42. The number of nitrogens with zero attached hydrogens (tertiary/aromatic N) is 1. The third kappa shape index (κ3) is 3.15. The summed E-state index contributed by atoms with van der Waals surface area (Å²) >= 11 is 0. The minimum Gasteiger partial charge on any atom is -0.492 e. The van der Waals surface area contributed by atoms with Gasteiger partial charge in [0.15, 0.2) is 0 Å². The number of aromatic carboxylic acids is 1. The van der Waals surface area contributed by atoms with Crippen molar-refractivity contribution >= 4 is 28.2 Å². The number of benzene rings is 2. The van der Waals surface area contributed by atoms with E-state index >= 15 is 0 Å². The van der Waals surface area contributed by atoms with Crippen LogP contribution in [-0.4, -0.2) is 22.7 Å². The standard InChI is InChI=1S/C19H18N2O3/c1-3-24-17-9-5-8-15-16(10-12(2)20-18(15)17)21-14-7-4-6-13(11-14)19(22)23/h4-11H,3H2,1-2H3,(H,20,21)(H,22,23). The molecule has 0 unspecified atom stereocenters. The zero-order valence-corrected chi connectivity index (χ0v) is 13.5. The minimum absolute atomic E-state index is 0.241. The summed E-state index contributed by atoms with van der Waals surface area (Å²) in [5, 5.41) is 13.3. The summed E-state index contributed by atoms with van der Waals surface area (Å²) in [5.74, 6) is -0.214. The van der Waals surface area contributed by atoms with Crippen LogP contribution in [0.5, 0.6) is 5.75 Å². The van der Waals surface area contributed by atoms with Crippen LogP contribution in [0.1, 0.15) is 23.0 Å². The zero-order chi connectivity index (χ0) is 17.1. The van der Waals surface area contributed by atoms with Crippen LogP contribution in [0.4, 0.5) is 11.4 Å². The molecule has 3 rings (SSSR count). The van der Waals surface area contributed by atoms with Crippen molar-refractivity contribution in [1.29, 1.82) is 0 Å². The number of ether oxygens (including phenoxy) is 1. The second-order valence-corrected chi connectivity index (χ2v) is 5.41. The maximum atomic E-state index is 11.1. The summed E-state index contributed by atoms with van der Waals surface area (Å²) in [7, 11) is 0. The Morgan fingerprint density at radius 1 is 1.21 bits per heavy atom. The molecule has 0 aliphatic carbocycles. The summed E-state index contributed by atoms with van der Waals surface area (Å²) in [4.78, 5) is 15.7. The molecule has 1 aromatic heterocycles. The SMILES string of the molecule is CCOc1cccc2c(Nc3cccc(C(=O)O)c3)cc(C)nc12. The fourth-order valence-corrected chi connectivity index (χ4v) is 2.61. The van der Waals surface area contributed by atoms with Gasteiger partial charge in [0.05, 0.1) is 12.2 Å². The van der Waals surface area contributed by atoms with Crippen LogP contribution in [0.15, 0.2) is 48.5 Å². The molecule has 1 heterocycles. The van der Waals surface area contributed by atoms with Crippen molar-refractivity contribution in [3.05, 3.63) is 59.8 Å². The van der Waals surface area contributed by atoms with Gasteiger partial charge in [-0.3, -0.25) is 0 Å². The van der Waals surface area contributed by atoms with Gasteiger partial charge in [-0.1, -0.05) is 18.2 Å². The molecule has 2 aromatic carbocycles. The number of hydrogen-bond donors (Lipinski definition) is 2. The Morgan fingerprint density at radius 2 is 2.00 bits per heavy atom. The first-order valence-electron chi connectivity index (χ1n) is 7.72. The summed E-state index contributed by atoms with van der Waals surface area (Å²) < 4.78 is 5.66. The number of hydrogen-bond acceptors (Lipinski definition) is 4. The van der Waals surface area contributed by atoms with Crippen LogP contribution in [0.25, 0.3) is 10.9 Å². The van der Waals surface area contributed by atoms with Gasteiger partial charge in [-0.25, -0.2) is 9.78 Å². The quantitative estimate of drug-likeness (QED) is 0.729. The van der Waals surface area contributed by atoms with Crippen LogP contribution in [-0.2, 0) is 0 Å². The Kier molecular flexibility index (Phi) is 4.33. The fraction of sp³-hybridized carbons (Fsp3) is 0.158. The highest BCUT2D eigenvalue weighted by molar-refractivity contribution is 5.97. The van der Waals surface area contributed by atoms with E-state index in [9.17, 15) is 4.79 Å². The number of aryl methyl sites for hydroxylation is 1. The van der Waals surface area contributed by atoms with Crippen molar-refractivity contribution < 1.29 is 14.6 Å². The average Bonchev–Trinajstić information content (AvgIpc) is 2.56. The van der Waals surface area contributed by atoms with Crippen LogP contribution in [0.2, 0.25) is 0 Å². The molecule has 0 atom stereocenters. The minimum atomic E-state index is -0.951. The van der Waals surface area contributed by atoms with Crippen molar-refractivity contribution in [2.24, 2.45) is 0 Å². The number of para-hydroxylation sites is 1. The monoisotopic (exact) mass is 322 g/mol. The summed E-state index contributed by atoms with van der Waals surface area (Å²) in [6, 6.07) is 14.4. The summed E-state index contributed by atoms with van der Waals surface area (Å²) in [6.07, 6.45) is 0. The van der Waals surface area contributed by atoms with Gasteiger partial charge in [0, 0.05) is 22.5 Å². The lowest BCUT2D eigenvalue weighted by atomic mass is 10.1. The maximum Gasteiger partial charge on any atom is 0.335 e. The van der Waals surface area contributed by atoms with Crippen LogP contribution >= 0.6 is 0 Å². The first-order valence-corrected chi connectivity index (χ1v) is 7.72. The summed E-state index contributed by atoms with van der Waals surface area (Å²) in [5.41, 5.74) is 3.46. The van der Waals surface area contributed by atoms with Gasteiger partial charge in [-0.2, -0.15) is 0 Å². The number of anilines is 2. The Bertz CT molecular complexity index is 906. The number of nitrogens with one attached hydrogen (secondary N) is 1. The molecule has 0 saturated heterocycles. The lowest BCUT2D eigenvalue weighted by Crippen LogP contribution is -2.00. The van der Waals surface area contributed by atoms with Gasteiger partial charge < -0.3 is 15.2 Å². The van der Waals surface area contributed by atoms with Gasteiger partial charge >= 0.3 is 5.97 Å². The van der Waals surface area contributed by atoms with E-state index in [1.807, 2.05) is 44.2 Å². The van der Waals surface area contributed by atoms with Crippen molar-refractivity contribution in [3.8, 4) is 5.75 Å². The molecule has 0 aliphatic heterocycles. The van der Waals surface area contributed by atoms with Gasteiger partial charge in [0.1, 0.15) is 11.3 Å². The molecule has 0 radical (unpaired) electrons. The molecule has 122 valence electrons. The van der Waals surface area contributed by atoms with Gasteiger partial charge in [-0.15, -0.1) is 0 Å². The van der Waals surface area contributed by atoms with Crippen molar-refractivity contribution in [2.45, 2.75) is 13.8 Å². The Hall–Kier alpha value is -3.08. The number of carboxylic acids is 1. The number of carbonyl (C=O) groups is 1. The third-order valence-electron chi connectivity index (χ3n) is 3.62.